The van der Waals surface area contributed by atoms with Crippen molar-refractivity contribution in [2.45, 2.75) is 39.2 Å². The van der Waals surface area contributed by atoms with Crippen LogP contribution in [-0.4, -0.2) is 39.6 Å². The third kappa shape index (κ3) is 19.4. The van der Waals surface area contributed by atoms with E-state index in [4.69, 9.17) is 21.1 Å². The zero-order valence-electron chi connectivity index (χ0n) is 10.9. The van der Waals surface area contributed by atoms with Gasteiger partial charge in [0.1, 0.15) is 0 Å². The van der Waals surface area contributed by atoms with Gasteiger partial charge in [-0.05, 0) is 13.3 Å². The molecule has 0 aromatic heterocycles. The van der Waals surface area contributed by atoms with E-state index in [0.717, 1.165) is 6.42 Å². The van der Waals surface area contributed by atoms with Gasteiger partial charge in [-0.15, -0.1) is 0 Å². The summed E-state index contributed by atoms with van der Waals surface area (Å²) in [5, 5.41) is 0. The van der Waals surface area contributed by atoms with E-state index < -0.39 is 0 Å². The van der Waals surface area contributed by atoms with Crippen LogP contribution in [0.2, 0.25) is 0 Å². The molecule has 100 valence electrons. The Bertz CT molecular complexity index is 109. The first-order valence-electron chi connectivity index (χ1n) is 5.85. The van der Waals surface area contributed by atoms with E-state index >= 15 is 0 Å². The lowest BCUT2D eigenvalue weighted by Gasteiger charge is -2.05. The predicted octanol–water partition coefficient (Wildman–Crippen LogP) is 1.06. The van der Waals surface area contributed by atoms with E-state index in [-0.39, 0.29) is 6.10 Å². The van der Waals surface area contributed by atoms with Crippen LogP contribution in [0.25, 0.3) is 0 Å². The lowest BCUT2D eigenvalue weighted by atomic mass is 10.2. The van der Waals surface area contributed by atoms with Crippen LogP contribution in [0.15, 0.2) is 0 Å². The molecule has 0 aliphatic heterocycles. The quantitative estimate of drug-likeness (QED) is 0.462. The number of ether oxygens (including phenoxy) is 2. The van der Waals surface area contributed by atoms with E-state index in [0.29, 0.717) is 26.4 Å². The maximum absolute atomic E-state index is 5.14. The van der Waals surface area contributed by atoms with Crippen LogP contribution in [0, 0.1) is 0 Å². The fourth-order valence-corrected chi connectivity index (χ4v) is 0.887. The number of nitrogens with two attached hydrogens (primary N) is 2. The van der Waals surface area contributed by atoms with Crippen LogP contribution in [0.4, 0.5) is 0 Å². The molecule has 0 saturated heterocycles. The van der Waals surface area contributed by atoms with E-state index in [2.05, 4.69) is 11.8 Å². The largest absolute Gasteiger partial charge is 0.382 e. The minimum atomic E-state index is 0.231. The SMILES string of the molecule is CCCCC(C)ON.COCCOCCN. The molecule has 0 heterocycles. The highest BCUT2D eigenvalue weighted by Crippen LogP contribution is 2.00. The van der Waals surface area contributed by atoms with Gasteiger partial charge in [0.15, 0.2) is 0 Å². The predicted molar refractivity (Wildman–Crippen MR) is 66.0 cm³/mol. The molecule has 0 saturated carbocycles. The highest BCUT2D eigenvalue weighted by molar-refractivity contribution is 4.46. The first kappa shape index (κ1) is 18.2. The smallest absolute Gasteiger partial charge is 0.0759 e. The van der Waals surface area contributed by atoms with Crippen LogP contribution in [0.5, 0.6) is 0 Å². The Kier molecular flexibility index (Phi) is 19.5. The van der Waals surface area contributed by atoms with Crippen molar-refractivity contribution in [1.29, 1.82) is 0 Å². The second-order valence-electron chi connectivity index (χ2n) is 3.48. The van der Waals surface area contributed by atoms with Crippen molar-refractivity contribution in [3.05, 3.63) is 0 Å². The van der Waals surface area contributed by atoms with E-state index in [1.54, 1.807) is 7.11 Å². The fourth-order valence-electron chi connectivity index (χ4n) is 0.887. The van der Waals surface area contributed by atoms with E-state index in [9.17, 15) is 0 Å². The summed E-state index contributed by atoms with van der Waals surface area (Å²) < 4.78 is 9.70. The molecule has 0 spiro atoms. The minimum Gasteiger partial charge on any atom is -0.382 e. The third-order valence-corrected chi connectivity index (χ3v) is 1.89. The topological polar surface area (TPSA) is 79.7 Å². The Labute approximate surface area is 99.4 Å². The zero-order valence-corrected chi connectivity index (χ0v) is 10.9. The maximum atomic E-state index is 5.14. The Morgan fingerprint density at radius 2 is 1.88 bits per heavy atom. The fraction of sp³-hybridized carbons (Fsp3) is 1.00. The summed E-state index contributed by atoms with van der Waals surface area (Å²) in [5.41, 5.74) is 5.14. The molecule has 16 heavy (non-hydrogen) atoms. The normalized spacial score (nSPS) is 11.8. The average molecular weight is 236 g/mol. The monoisotopic (exact) mass is 236 g/mol. The average Bonchev–Trinajstić information content (AvgIpc) is 2.32. The molecule has 4 N–H and O–H groups in total. The van der Waals surface area contributed by atoms with Crippen molar-refractivity contribution >= 4 is 0 Å². The van der Waals surface area contributed by atoms with Gasteiger partial charge in [-0.2, -0.15) is 0 Å². The molecule has 0 aromatic rings. The summed E-state index contributed by atoms with van der Waals surface area (Å²) >= 11 is 0. The molecule has 0 bridgehead atoms. The van der Waals surface area contributed by atoms with Crippen molar-refractivity contribution in [3.63, 3.8) is 0 Å². The van der Waals surface area contributed by atoms with Crippen LogP contribution in [0.3, 0.4) is 0 Å². The van der Waals surface area contributed by atoms with Gasteiger partial charge >= 0.3 is 0 Å². The Balaban J connectivity index is 0. The highest BCUT2D eigenvalue weighted by Gasteiger charge is 1.95. The van der Waals surface area contributed by atoms with Gasteiger partial charge in [0.25, 0.3) is 0 Å². The molecular formula is C11H28N2O3. The van der Waals surface area contributed by atoms with Crippen molar-refractivity contribution < 1.29 is 14.3 Å². The molecule has 0 aliphatic carbocycles. The number of hydrogen-bond donors (Lipinski definition) is 2. The molecule has 5 heteroatoms. The lowest BCUT2D eigenvalue weighted by Crippen LogP contribution is -2.12. The van der Waals surface area contributed by atoms with Gasteiger partial charge in [-0.3, -0.25) is 0 Å². The maximum Gasteiger partial charge on any atom is 0.0759 e. The van der Waals surface area contributed by atoms with Crippen molar-refractivity contribution in [2.75, 3.05) is 33.5 Å². The number of unbranched alkanes of at least 4 members (excludes halogenated alkanes) is 1. The lowest BCUT2D eigenvalue weighted by molar-refractivity contribution is 0.0592. The van der Waals surface area contributed by atoms with Gasteiger partial charge in [-0.1, -0.05) is 19.8 Å². The minimum absolute atomic E-state index is 0.231. The van der Waals surface area contributed by atoms with Crippen LogP contribution >= 0.6 is 0 Å². The molecular weight excluding hydrogens is 208 g/mol. The van der Waals surface area contributed by atoms with Gasteiger partial charge in [0.05, 0.1) is 25.9 Å². The van der Waals surface area contributed by atoms with E-state index in [1.165, 1.54) is 12.8 Å². The summed E-state index contributed by atoms with van der Waals surface area (Å²) in [5.74, 6) is 4.91. The number of rotatable bonds is 9. The first-order chi connectivity index (χ1) is 7.72. The molecule has 1 atom stereocenters. The number of methoxy groups -OCH3 is 1. The van der Waals surface area contributed by atoms with Gasteiger partial charge in [-0.25, -0.2) is 5.90 Å². The standard InChI is InChI=1S/C6H15NO.C5H13NO2/c1-3-4-5-6(2)8-7;1-7-4-5-8-3-2-6/h6H,3-5,7H2,1-2H3;2-6H2,1H3. The molecule has 0 aromatic carbocycles. The van der Waals surface area contributed by atoms with Gasteiger partial charge < -0.3 is 20.0 Å². The van der Waals surface area contributed by atoms with E-state index in [1.807, 2.05) is 6.92 Å². The van der Waals surface area contributed by atoms with Crippen molar-refractivity contribution in [1.82, 2.24) is 0 Å². The Morgan fingerprint density at radius 3 is 2.31 bits per heavy atom. The molecule has 0 fully saturated rings. The second-order valence-corrected chi connectivity index (χ2v) is 3.48. The summed E-state index contributed by atoms with van der Waals surface area (Å²) in [4.78, 5) is 4.55. The van der Waals surface area contributed by atoms with Gasteiger partial charge in [0.2, 0.25) is 0 Å². The molecule has 5 nitrogen and oxygen atoms in total. The van der Waals surface area contributed by atoms with Crippen LogP contribution < -0.4 is 11.6 Å². The summed E-state index contributed by atoms with van der Waals surface area (Å²) in [6.07, 6.45) is 3.73. The molecule has 0 amide bonds. The molecule has 1 unspecified atom stereocenters. The molecule has 0 aliphatic rings. The van der Waals surface area contributed by atoms with Crippen molar-refractivity contribution in [2.24, 2.45) is 11.6 Å². The Hall–Kier alpha value is -0.200. The summed E-state index contributed by atoms with van der Waals surface area (Å²) in [6.45, 7) is 6.65. The first-order valence-corrected chi connectivity index (χ1v) is 5.85. The highest BCUT2D eigenvalue weighted by atomic mass is 16.6. The molecule has 0 rings (SSSR count). The summed E-state index contributed by atoms with van der Waals surface area (Å²) in [6, 6.07) is 0. The molecule has 0 radical (unpaired) electrons. The van der Waals surface area contributed by atoms with Gasteiger partial charge in [0, 0.05) is 13.7 Å². The summed E-state index contributed by atoms with van der Waals surface area (Å²) in [7, 11) is 1.64. The Morgan fingerprint density at radius 1 is 1.19 bits per heavy atom. The zero-order chi connectivity index (χ0) is 12.6. The van der Waals surface area contributed by atoms with Crippen LogP contribution in [0.1, 0.15) is 33.1 Å². The second kappa shape index (κ2) is 17.2. The number of hydrogen-bond acceptors (Lipinski definition) is 5. The van der Waals surface area contributed by atoms with Crippen LogP contribution in [-0.2, 0) is 14.3 Å². The van der Waals surface area contributed by atoms with Crippen molar-refractivity contribution in [3.8, 4) is 0 Å². The third-order valence-electron chi connectivity index (χ3n) is 1.89.